The van der Waals surface area contributed by atoms with Crippen LogP contribution < -0.4 is 5.46 Å². The van der Waals surface area contributed by atoms with Gasteiger partial charge in [-0.25, -0.2) is 9.78 Å². The zero-order chi connectivity index (χ0) is 32.3. The lowest BCUT2D eigenvalue weighted by molar-refractivity contribution is 0.00578. The Balaban J connectivity index is 1.55. The SMILES string of the molecule is CC1(C)OB(c2ccc3cc(-c4cnc([C@@]5(C(C)(C)C)CCCN5C(=O)O)n4COCC[Si](C)(C)C)cnc3c2)OC1(C)C. The van der Waals surface area contributed by atoms with E-state index >= 15 is 0 Å². The fraction of sp³-hybridized carbons (Fsp3) is 0.606. The van der Waals surface area contributed by atoms with Crippen molar-refractivity contribution in [1.29, 1.82) is 0 Å². The molecule has 11 heteroatoms. The van der Waals surface area contributed by atoms with E-state index in [1.165, 1.54) is 0 Å². The minimum Gasteiger partial charge on any atom is -0.465 e. The second-order valence-electron chi connectivity index (χ2n) is 15.7. The molecule has 2 saturated heterocycles. The quantitative estimate of drug-likeness (QED) is 0.220. The van der Waals surface area contributed by atoms with Gasteiger partial charge in [-0.05, 0) is 69.6 Å². The molecule has 4 heterocycles. The standard InChI is InChI=1S/C33H49BN4O5Si/c1-30(2,3)33(14-11-15-38(33)29(39)40)28-36-21-27(37(28)22-41-16-17-44(8,9)10)24-18-23-12-13-25(19-26(23)35-20-24)34-42-31(4,5)32(6,7)43-34/h12-13,18-21H,11,14-17,22H2,1-10H3,(H,39,40)/t33-/m1/s1. The summed E-state index contributed by atoms with van der Waals surface area (Å²) < 4.78 is 20.9. The molecule has 0 saturated carbocycles. The summed E-state index contributed by atoms with van der Waals surface area (Å²) in [7, 11) is -1.75. The number of pyridine rings is 1. The van der Waals surface area contributed by atoms with Gasteiger partial charge in [0.2, 0.25) is 0 Å². The van der Waals surface area contributed by atoms with Gasteiger partial charge in [-0.3, -0.25) is 9.88 Å². The van der Waals surface area contributed by atoms with E-state index in [2.05, 4.69) is 84.8 Å². The molecule has 2 aliphatic rings. The Morgan fingerprint density at radius 3 is 2.36 bits per heavy atom. The molecule has 238 valence electrons. The fourth-order valence-corrected chi connectivity index (χ4v) is 7.19. The fourth-order valence-electron chi connectivity index (χ4n) is 6.43. The molecule has 2 aliphatic heterocycles. The van der Waals surface area contributed by atoms with Crippen molar-refractivity contribution in [3.05, 3.63) is 42.5 Å². The van der Waals surface area contributed by atoms with Crippen molar-refractivity contribution in [3.8, 4) is 11.3 Å². The van der Waals surface area contributed by atoms with E-state index in [1.54, 1.807) is 4.90 Å². The minimum atomic E-state index is -1.29. The predicted molar refractivity (Wildman–Crippen MR) is 178 cm³/mol. The number of imidazole rings is 1. The molecule has 1 aromatic carbocycles. The number of fused-ring (bicyclic) bond motifs is 1. The van der Waals surface area contributed by atoms with E-state index in [0.717, 1.165) is 45.9 Å². The van der Waals surface area contributed by atoms with E-state index in [1.807, 2.05) is 24.5 Å². The van der Waals surface area contributed by atoms with E-state index in [9.17, 15) is 9.90 Å². The molecule has 1 N–H and O–H groups in total. The van der Waals surface area contributed by atoms with Gasteiger partial charge in [-0.1, -0.05) is 52.5 Å². The summed E-state index contributed by atoms with van der Waals surface area (Å²) in [6.07, 6.45) is 4.28. The van der Waals surface area contributed by atoms with Gasteiger partial charge in [-0.2, -0.15) is 0 Å². The number of hydrogen-bond donors (Lipinski definition) is 1. The zero-order valence-corrected chi connectivity index (χ0v) is 29.2. The Morgan fingerprint density at radius 1 is 1.07 bits per heavy atom. The smallest absolute Gasteiger partial charge is 0.465 e. The van der Waals surface area contributed by atoms with Crippen molar-refractivity contribution < 1.29 is 23.9 Å². The van der Waals surface area contributed by atoms with Gasteiger partial charge in [0.05, 0.1) is 28.6 Å². The van der Waals surface area contributed by atoms with Gasteiger partial charge in [0.15, 0.2) is 0 Å². The molecule has 0 spiro atoms. The number of rotatable bonds is 8. The Kier molecular flexibility index (Phi) is 8.36. The third-order valence-corrected chi connectivity index (χ3v) is 11.5. The molecule has 0 aliphatic carbocycles. The van der Waals surface area contributed by atoms with Crippen molar-refractivity contribution in [1.82, 2.24) is 19.4 Å². The first-order chi connectivity index (χ1) is 20.4. The van der Waals surface area contributed by atoms with Crippen molar-refractivity contribution >= 4 is 37.7 Å². The van der Waals surface area contributed by atoms with Crippen LogP contribution in [0.15, 0.2) is 36.7 Å². The number of likely N-dealkylation sites (tertiary alicyclic amines) is 1. The van der Waals surface area contributed by atoms with Gasteiger partial charge in [0.1, 0.15) is 18.1 Å². The van der Waals surface area contributed by atoms with Crippen LogP contribution >= 0.6 is 0 Å². The number of amides is 1. The first kappa shape index (κ1) is 32.7. The lowest BCUT2D eigenvalue weighted by Crippen LogP contribution is -2.54. The van der Waals surface area contributed by atoms with Crippen molar-refractivity contribution in [3.63, 3.8) is 0 Å². The van der Waals surface area contributed by atoms with Crippen molar-refractivity contribution in [2.75, 3.05) is 13.2 Å². The molecule has 5 rings (SSSR count). The highest BCUT2D eigenvalue weighted by Gasteiger charge is 2.56. The Bertz CT molecular complexity index is 1530. The molecule has 3 aromatic rings. The van der Waals surface area contributed by atoms with Crippen molar-refractivity contribution in [2.24, 2.45) is 5.41 Å². The van der Waals surface area contributed by atoms with Crippen LogP contribution in [0.25, 0.3) is 22.2 Å². The maximum atomic E-state index is 12.6. The monoisotopic (exact) mass is 620 g/mol. The summed E-state index contributed by atoms with van der Waals surface area (Å²) in [4.78, 5) is 24.0. The normalized spacial score (nSPS) is 21.9. The van der Waals surface area contributed by atoms with E-state index in [4.69, 9.17) is 24.0 Å². The highest BCUT2D eigenvalue weighted by Crippen LogP contribution is 2.51. The van der Waals surface area contributed by atoms with Gasteiger partial charge >= 0.3 is 13.2 Å². The van der Waals surface area contributed by atoms with Crippen LogP contribution in [0.2, 0.25) is 25.7 Å². The van der Waals surface area contributed by atoms with Gasteiger partial charge < -0.3 is 23.7 Å². The summed E-state index contributed by atoms with van der Waals surface area (Å²) in [6.45, 7) is 22.9. The lowest BCUT2D eigenvalue weighted by Gasteiger charge is -2.46. The number of aromatic nitrogens is 3. The highest BCUT2D eigenvalue weighted by molar-refractivity contribution is 6.76. The summed E-state index contributed by atoms with van der Waals surface area (Å²) in [5, 5.41) is 11.3. The lowest BCUT2D eigenvalue weighted by atomic mass is 9.71. The summed E-state index contributed by atoms with van der Waals surface area (Å²) in [5.74, 6) is 0.726. The number of nitrogens with zero attached hydrogens (tertiary/aromatic N) is 4. The Labute approximate surface area is 263 Å². The van der Waals surface area contributed by atoms with Gasteiger partial charge in [-0.15, -0.1) is 0 Å². The van der Waals surface area contributed by atoms with Crippen LogP contribution in [-0.2, 0) is 26.3 Å². The van der Waals surface area contributed by atoms with E-state index in [-0.39, 0.29) is 0 Å². The number of carbonyl (C=O) groups is 1. The maximum absolute atomic E-state index is 12.6. The molecule has 9 nitrogen and oxygen atoms in total. The molecule has 1 amide bonds. The Hall–Kier alpha value is -2.73. The topological polar surface area (TPSA) is 98.9 Å². The molecule has 0 radical (unpaired) electrons. The third-order valence-electron chi connectivity index (χ3n) is 9.82. The molecular weight excluding hydrogens is 571 g/mol. The average Bonchev–Trinajstić information content (AvgIpc) is 3.59. The van der Waals surface area contributed by atoms with Crippen LogP contribution in [0.3, 0.4) is 0 Å². The average molecular weight is 621 g/mol. The second kappa shape index (κ2) is 11.3. The van der Waals surface area contributed by atoms with Crippen molar-refractivity contribution in [2.45, 2.75) is 110 Å². The maximum Gasteiger partial charge on any atom is 0.494 e. The molecular formula is C33H49BN4O5Si. The van der Waals surface area contributed by atoms with Crippen LogP contribution in [0.5, 0.6) is 0 Å². The second-order valence-corrected chi connectivity index (χ2v) is 21.3. The van der Waals surface area contributed by atoms with Crippen LogP contribution in [0, 0.1) is 5.41 Å². The summed E-state index contributed by atoms with van der Waals surface area (Å²) >= 11 is 0. The molecule has 2 aromatic heterocycles. The molecule has 0 unspecified atom stereocenters. The molecule has 0 bridgehead atoms. The van der Waals surface area contributed by atoms with Gasteiger partial charge in [0, 0.05) is 38.4 Å². The number of carboxylic acid groups (broad SMARTS) is 1. The van der Waals surface area contributed by atoms with Crippen LogP contribution in [0.4, 0.5) is 4.79 Å². The first-order valence-electron chi connectivity index (χ1n) is 15.8. The molecule has 44 heavy (non-hydrogen) atoms. The molecule has 2 fully saturated rings. The number of benzene rings is 1. The third kappa shape index (κ3) is 5.84. The van der Waals surface area contributed by atoms with E-state index in [0.29, 0.717) is 26.3 Å². The zero-order valence-electron chi connectivity index (χ0n) is 28.2. The summed E-state index contributed by atoms with van der Waals surface area (Å²) in [5.41, 5.74) is 1.51. The largest absolute Gasteiger partial charge is 0.494 e. The van der Waals surface area contributed by atoms with Gasteiger partial charge in [0.25, 0.3) is 0 Å². The number of hydrogen-bond acceptors (Lipinski definition) is 6. The predicted octanol–water partition coefficient (Wildman–Crippen LogP) is 6.73. The van der Waals surface area contributed by atoms with E-state index < -0.39 is 43.4 Å². The first-order valence-corrected chi connectivity index (χ1v) is 19.5. The minimum absolute atomic E-state index is 0.291. The summed E-state index contributed by atoms with van der Waals surface area (Å²) in [6, 6.07) is 9.28. The van der Waals surface area contributed by atoms with Crippen LogP contribution in [0.1, 0.15) is 67.1 Å². The molecule has 1 atom stereocenters. The Morgan fingerprint density at radius 2 is 1.75 bits per heavy atom. The highest BCUT2D eigenvalue weighted by atomic mass is 28.3. The number of ether oxygens (including phenoxy) is 1. The van der Waals surface area contributed by atoms with Crippen LogP contribution in [-0.4, -0.2) is 70.2 Å².